The van der Waals surface area contributed by atoms with E-state index >= 15 is 0 Å². The molecule has 0 saturated carbocycles. The number of aromatic nitrogens is 6. The van der Waals surface area contributed by atoms with Crippen LogP contribution in [0.2, 0.25) is 0 Å². The number of nitrogens with zero attached hydrogens (tertiary/aromatic N) is 6. The van der Waals surface area contributed by atoms with E-state index in [1.165, 1.54) is 0 Å². The van der Waals surface area contributed by atoms with Gasteiger partial charge >= 0.3 is 243 Å². The summed E-state index contributed by atoms with van der Waals surface area (Å²) in [4.78, 5) is 26.9. The van der Waals surface area contributed by atoms with E-state index in [0.29, 0.717) is 41.8 Å². The number of benzene rings is 2. The molecule has 4 aromatic rings. The molecule has 4 bridgehead atoms. The van der Waals surface area contributed by atoms with Crippen LogP contribution in [0.3, 0.4) is 0 Å². The molecule has 2 amide bonds. The molecule has 2 atom stereocenters. The van der Waals surface area contributed by atoms with E-state index in [9.17, 15) is 18.0 Å². The van der Waals surface area contributed by atoms with Gasteiger partial charge in [0.25, 0.3) is 5.84 Å². The molecule has 238 valence electrons. The van der Waals surface area contributed by atoms with Gasteiger partial charge in [-0.2, -0.15) is 0 Å². The number of hydrogen-bond donors (Lipinski definition) is 5. The Hall–Kier alpha value is -4.23. The van der Waals surface area contributed by atoms with E-state index in [1.54, 1.807) is 54.5 Å². The average Bonchev–Trinajstić information content (AvgIpc) is 3.67. The van der Waals surface area contributed by atoms with Gasteiger partial charge in [-0.3, -0.25) is 11.1 Å². The molecule has 0 radical (unpaired) electrons. The fourth-order valence-corrected chi connectivity index (χ4v) is 7.75. The number of sulfonamides is 1. The van der Waals surface area contributed by atoms with Crippen LogP contribution in [0.5, 0.6) is 0 Å². The number of nitrogens with two attached hydrogens (primary N) is 2. The molecule has 2 unspecified atom stereocenters. The van der Waals surface area contributed by atoms with E-state index in [2.05, 4.69) is 36.0 Å². The number of carbonyl (C=O) groups is 2. The Balaban J connectivity index is 1.32. The minimum atomic E-state index is -3.88. The maximum absolute atomic E-state index is 13.5. The normalized spacial score (nSPS) is 17.9. The Morgan fingerprint density at radius 2 is 1.62 bits per heavy atom. The van der Waals surface area contributed by atoms with E-state index in [1.807, 2.05) is 18.3 Å². The number of carbonyl (C=O) groups excluding carboxylic acids is 2. The quantitative estimate of drug-likeness (QED) is 0.0662. The summed E-state index contributed by atoms with van der Waals surface area (Å²) in [5, 5.41) is 28.2. The van der Waals surface area contributed by atoms with Gasteiger partial charge in [0.1, 0.15) is 0 Å². The van der Waals surface area contributed by atoms with Crippen LogP contribution < -0.4 is 48.3 Å². The second kappa shape index (κ2) is 14.7. The van der Waals surface area contributed by atoms with E-state index < -0.39 is 49.6 Å². The molecule has 0 saturated heterocycles. The van der Waals surface area contributed by atoms with Gasteiger partial charge in [0.2, 0.25) is 0 Å². The molecule has 2 aromatic heterocycles. The molecule has 3 heterocycles. The molecule has 17 heteroatoms. The number of amides is 2. The van der Waals surface area contributed by atoms with Crippen molar-refractivity contribution in [2.75, 3.05) is 6.54 Å². The van der Waals surface area contributed by atoms with Gasteiger partial charge in [-0.1, -0.05) is 6.07 Å². The van der Waals surface area contributed by atoms with Crippen LogP contribution in [0, 0.1) is 5.92 Å². The van der Waals surface area contributed by atoms with E-state index in [4.69, 9.17) is 11.1 Å². The van der Waals surface area contributed by atoms with Crippen molar-refractivity contribution in [2.45, 2.75) is 44.0 Å². The molecule has 2 aromatic carbocycles. The van der Waals surface area contributed by atoms with Crippen LogP contribution >= 0.6 is 0 Å². The Morgan fingerprint density at radius 1 is 0.978 bits per heavy atom. The van der Waals surface area contributed by atoms with Gasteiger partial charge in [-0.15, -0.1) is 0 Å². The second-order valence-corrected chi connectivity index (χ2v) is 14.7. The summed E-state index contributed by atoms with van der Waals surface area (Å²) >= 11 is -0.887. The second-order valence-electron chi connectivity index (χ2n) is 10.6. The van der Waals surface area contributed by atoms with E-state index in [0.717, 1.165) is 5.56 Å². The summed E-state index contributed by atoms with van der Waals surface area (Å²) in [6.07, 6.45) is 4.85. The fourth-order valence-electron chi connectivity index (χ4n) is 4.66. The average molecular weight is 748 g/mol. The molecular formula is C28H34IN11O4S. The topological polar surface area (TPSA) is 217 Å². The third kappa shape index (κ3) is 9.38. The summed E-state index contributed by atoms with van der Waals surface area (Å²) in [6.45, 7) is 0.255. The first-order valence-electron chi connectivity index (χ1n) is 14.2. The van der Waals surface area contributed by atoms with Crippen molar-refractivity contribution in [3.63, 3.8) is 0 Å². The Kier molecular flexibility index (Phi) is 10.5. The van der Waals surface area contributed by atoms with Crippen LogP contribution in [-0.2, 0) is 44.8 Å². The first kappa shape index (κ1) is 32.2. The van der Waals surface area contributed by atoms with Crippen LogP contribution in [0.1, 0.15) is 40.9 Å². The van der Waals surface area contributed by atoms with Crippen LogP contribution in [0.25, 0.3) is 0 Å². The van der Waals surface area contributed by atoms with Gasteiger partial charge in [0.15, 0.2) is 0 Å². The SMILES string of the molecule is NC(=[NH2+])c1ccc(CNC(=O)C2CCc3cn(nn3)[I-]n3cc(nn3)CCC(NS(=O)(=O)Cc3ccccc3)C(=O)NC2)cc1. The number of nitrogens with one attached hydrogen (secondary N) is 3. The number of fused-ring (bicyclic) bond motifs is 4. The third-order valence-corrected chi connectivity index (χ3v) is 10.3. The van der Waals surface area contributed by atoms with Crippen LogP contribution in [-0.4, -0.2) is 65.1 Å². The molecule has 0 spiro atoms. The molecule has 7 N–H and O–H groups in total. The predicted octanol–water partition coefficient (Wildman–Crippen LogP) is -4.93. The number of halogens is 1. The zero-order valence-corrected chi connectivity index (χ0v) is 27.2. The molecule has 5 rings (SSSR count). The van der Waals surface area contributed by atoms with Crippen LogP contribution in [0.15, 0.2) is 67.0 Å². The maximum atomic E-state index is 13.5. The minimum absolute atomic E-state index is 0.00354. The van der Waals surface area contributed by atoms with Crippen molar-refractivity contribution in [1.82, 2.24) is 41.8 Å². The first-order valence-corrected chi connectivity index (χ1v) is 17.8. The summed E-state index contributed by atoms with van der Waals surface area (Å²) in [5.74, 6) is -1.49. The van der Waals surface area contributed by atoms with E-state index in [-0.39, 0.29) is 37.0 Å². The van der Waals surface area contributed by atoms with Crippen LogP contribution in [0.4, 0.5) is 0 Å². The Bertz CT molecular complexity index is 1740. The van der Waals surface area contributed by atoms with Crippen molar-refractivity contribution < 1.29 is 45.2 Å². The van der Waals surface area contributed by atoms with Crippen molar-refractivity contribution in [1.29, 1.82) is 0 Å². The molecule has 1 aliphatic rings. The van der Waals surface area contributed by atoms with Gasteiger partial charge in [0, 0.05) is 0 Å². The number of hydrogen-bond acceptors (Lipinski definition) is 8. The number of aryl methyl sites for hydroxylation is 2. The number of amidine groups is 1. The molecule has 15 nitrogen and oxygen atoms in total. The molecule has 1 aliphatic heterocycles. The molecule has 45 heavy (non-hydrogen) atoms. The van der Waals surface area contributed by atoms with Gasteiger partial charge in [-0.25, -0.2) is 0 Å². The van der Waals surface area contributed by atoms with Crippen molar-refractivity contribution in [3.8, 4) is 0 Å². The van der Waals surface area contributed by atoms with Crippen molar-refractivity contribution in [2.24, 2.45) is 11.7 Å². The number of rotatable bonds is 8. The third-order valence-electron chi connectivity index (χ3n) is 7.11. The Morgan fingerprint density at radius 3 is 2.27 bits per heavy atom. The first-order chi connectivity index (χ1) is 21.6. The monoisotopic (exact) mass is 747 g/mol. The Labute approximate surface area is 270 Å². The summed E-state index contributed by atoms with van der Waals surface area (Å²) in [5.41, 5.74) is 9.08. The molecule has 0 fully saturated rings. The molecular weight excluding hydrogens is 713 g/mol. The van der Waals surface area contributed by atoms with Gasteiger partial charge in [-0.05, 0) is 0 Å². The zero-order chi connectivity index (χ0) is 31.8. The van der Waals surface area contributed by atoms with Crippen molar-refractivity contribution in [3.05, 3.63) is 95.1 Å². The fraction of sp³-hybridized carbons (Fsp3) is 0.321. The zero-order valence-electron chi connectivity index (χ0n) is 24.2. The van der Waals surface area contributed by atoms with Gasteiger partial charge < -0.3 is 0 Å². The predicted molar refractivity (Wildman–Crippen MR) is 158 cm³/mol. The van der Waals surface area contributed by atoms with Crippen molar-refractivity contribution >= 4 is 27.7 Å². The molecule has 0 aliphatic carbocycles. The standard InChI is InChI=1S/C28H33IN11O4S/c30-26(31)21-8-6-19(7-9-21)14-32-27(41)22-10-11-23-16-39(37-34-23)29-40-17-24(35-38-40)12-13-25(28(42)33-15-22)36-45(43,44)18-20-4-2-1-3-5-20/h1-9,16-17,22,25,36H,10-15,18H2,(H3,30,31)(H,32,41)(H,33,42)/q-1/p+1. The summed E-state index contributed by atoms with van der Waals surface area (Å²) in [6, 6.07) is 14.8. The summed E-state index contributed by atoms with van der Waals surface area (Å²) in [7, 11) is -3.88. The van der Waals surface area contributed by atoms with Gasteiger partial charge in [0.05, 0.1) is 5.56 Å². The summed E-state index contributed by atoms with van der Waals surface area (Å²) < 4.78 is 32.2.